The smallest absolute Gasteiger partial charge is 0.0626 e. The lowest BCUT2D eigenvalue weighted by Gasteiger charge is -2.12. The molecule has 0 unspecified atom stereocenters. The van der Waals surface area contributed by atoms with Crippen LogP contribution in [0.5, 0.6) is 0 Å². The van der Waals surface area contributed by atoms with Gasteiger partial charge in [-0.1, -0.05) is 12.2 Å². The molecule has 0 spiro atoms. The fourth-order valence-electron chi connectivity index (χ4n) is 0.406. The first-order valence-corrected chi connectivity index (χ1v) is 2.90. The monoisotopic (exact) mass is 114 g/mol. The van der Waals surface area contributed by atoms with Crippen LogP contribution in [0.25, 0.3) is 0 Å². The molecule has 0 aliphatic rings. The van der Waals surface area contributed by atoms with Gasteiger partial charge < -0.3 is 5.11 Å². The molecule has 0 saturated carbocycles. The topological polar surface area (TPSA) is 20.2 Å². The predicted octanol–water partition coefficient (Wildman–Crippen LogP) is 1.72. The molecule has 0 fully saturated rings. The number of hydrogen-bond acceptors (Lipinski definition) is 1. The molecule has 1 nitrogen and oxygen atoms in total. The minimum absolute atomic E-state index is 0.535. The van der Waals surface area contributed by atoms with Crippen molar-refractivity contribution in [3.63, 3.8) is 0 Å². The molecule has 0 aromatic rings. The van der Waals surface area contributed by atoms with Crippen LogP contribution in [0.2, 0.25) is 0 Å². The first kappa shape index (κ1) is 7.70. The van der Waals surface area contributed by atoms with E-state index < -0.39 is 5.60 Å². The van der Waals surface area contributed by atoms with Gasteiger partial charge in [0.05, 0.1) is 5.60 Å². The van der Waals surface area contributed by atoms with Crippen molar-refractivity contribution >= 4 is 0 Å². The highest BCUT2D eigenvalue weighted by Gasteiger charge is 2.07. The largest absolute Gasteiger partial charge is 0.390 e. The van der Waals surface area contributed by atoms with Crippen LogP contribution < -0.4 is 0 Å². The maximum Gasteiger partial charge on any atom is 0.0626 e. The molecule has 0 bridgehead atoms. The van der Waals surface area contributed by atoms with Crippen LogP contribution in [0.4, 0.5) is 0 Å². The zero-order valence-corrected chi connectivity index (χ0v) is 5.81. The Morgan fingerprint density at radius 1 is 1.50 bits per heavy atom. The van der Waals surface area contributed by atoms with E-state index in [1.807, 2.05) is 19.1 Å². The van der Waals surface area contributed by atoms with Crippen molar-refractivity contribution in [1.82, 2.24) is 0 Å². The molecule has 0 aromatic heterocycles. The fourth-order valence-corrected chi connectivity index (χ4v) is 0.406. The Bertz CT molecular complexity index is 76.9. The molecule has 0 aromatic carbocycles. The molecule has 1 N–H and O–H groups in total. The van der Waals surface area contributed by atoms with Crippen molar-refractivity contribution in [2.24, 2.45) is 0 Å². The normalized spacial score (nSPS) is 13.0. The van der Waals surface area contributed by atoms with E-state index in [1.165, 1.54) is 0 Å². The number of hydrogen-bond donors (Lipinski definition) is 1. The molecule has 8 heavy (non-hydrogen) atoms. The Balaban J connectivity index is 3.39. The second-order valence-electron chi connectivity index (χ2n) is 2.59. The Morgan fingerprint density at radius 2 is 2.00 bits per heavy atom. The first-order valence-electron chi connectivity index (χ1n) is 2.90. The molecule has 0 saturated heterocycles. The summed E-state index contributed by atoms with van der Waals surface area (Å²) in [5, 5.41) is 9.10. The van der Waals surface area contributed by atoms with E-state index in [0.29, 0.717) is 0 Å². The van der Waals surface area contributed by atoms with Gasteiger partial charge in [0, 0.05) is 0 Å². The summed E-state index contributed by atoms with van der Waals surface area (Å²) in [4.78, 5) is 0. The van der Waals surface area contributed by atoms with Crippen LogP contribution in [-0.4, -0.2) is 10.7 Å². The molecule has 1 heteroatoms. The number of allylic oxidation sites excluding steroid dienone is 1. The standard InChI is InChI=1S/C7H14O/c1-4-5-6-7(2,3)8/h4-5,8H,6H2,1-3H3/b5-4+. The minimum atomic E-state index is -0.535. The summed E-state index contributed by atoms with van der Waals surface area (Å²) in [6.45, 7) is 5.55. The van der Waals surface area contributed by atoms with Gasteiger partial charge in [-0.2, -0.15) is 0 Å². The molecule has 0 atom stereocenters. The third-order valence-electron chi connectivity index (χ3n) is 0.853. The summed E-state index contributed by atoms with van der Waals surface area (Å²) in [7, 11) is 0. The molecule has 0 radical (unpaired) electrons. The van der Waals surface area contributed by atoms with E-state index in [2.05, 4.69) is 0 Å². The maximum absolute atomic E-state index is 9.10. The van der Waals surface area contributed by atoms with E-state index in [1.54, 1.807) is 13.8 Å². The average Bonchev–Trinajstić information content (AvgIpc) is 1.59. The molecule has 0 rings (SSSR count). The van der Waals surface area contributed by atoms with E-state index in [0.717, 1.165) is 6.42 Å². The summed E-state index contributed by atoms with van der Waals surface area (Å²) in [6.07, 6.45) is 4.64. The summed E-state index contributed by atoms with van der Waals surface area (Å²) in [6, 6.07) is 0. The Morgan fingerprint density at radius 3 is 2.12 bits per heavy atom. The van der Waals surface area contributed by atoms with Gasteiger partial charge in [-0.25, -0.2) is 0 Å². The van der Waals surface area contributed by atoms with Crippen LogP contribution in [0.1, 0.15) is 27.2 Å². The third-order valence-corrected chi connectivity index (χ3v) is 0.853. The summed E-state index contributed by atoms with van der Waals surface area (Å²) in [5.41, 5.74) is -0.535. The Kier molecular flexibility index (Phi) is 2.77. The van der Waals surface area contributed by atoms with Gasteiger partial charge in [0.15, 0.2) is 0 Å². The fraction of sp³-hybridized carbons (Fsp3) is 0.714. The molecular formula is C7H14O. The predicted molar refractivity (Wildman–Crippen MR) is 35.7 cm³/mol. The van der Waals surface area contributed by atoms with E-state index in [4.69, 9.17) is 5.11 Å². The van der Waals surface area contributed by atoms with Crippen molar-refractivity contribution in [3.8, 4) is 0 Å². The van der Waals surface area contributed by atoms with Gasteiger partial charge in [-0.3, -0.25) is 0 Å². The lowest BCUT2D eigenvalue weighted by Crippen LogP contribution is -2.16. The van der Waals surface area contributed by atoms with Crippen molar-refractivity contribution in [3.05, 3.63) is 12.2 Å². The zero-order valence-electron chi connectivity index (χ0n) is 5.81. The highest BCUT2D eigenvalue weighted by atomic mass is 16.3. The van der Waals surface area contributed by atoms with Gasteiger partial charge in [0.25, 0.3) is 0 Å². The maximum atomic E-state index is 9.10. The highest BCUT2D eigenvalue weighted by Crippen LogP contribution is 2.06. The summed E-state index contributed by atoms with van der Waals surface area (Å²) >= 11 is 0. The van der Waals surface area contributed by atoms with Crippen LogP contribution in [0.3, 0.4) is 0 Å². The number of rotatable bonds is 2. The highest BCUT2D eigenvalue weighted by molar-refractivity contribution is 4.84. The minimum Gasteiger partial charge on any atom is -0.390 e. The Labute approximate surface area is 51.0 Å². The van der Waals surface area contributed by atoms with Gasteiger partial charge in [0.1, 0.15) is 0 Å². The average molecular weight is 114 g/mol. The van der Waals surface area contributed by atoms with E-state index in [-0.39, 0.29) is 0 Å². The SMILES string of the molecule is C/C=C/CC(C)(C)O. The zero-order chi connectivity index (χ0) is 6.62. The molecule has 0 aliphatic carbocycles. The molecule has 0 heterocycles. The second kappa shape index (κ2) is 2.88. The van der Waals surface area contributed by atoms with Crippen LogP contribution in [0, 0.1) is 0 Å². The summed E-state index contributed by atoms with van der Waals surface area (Å²) in [5.74, 6) is 0. The molecule has 0 aliphatic heterocycles. The van der Waals surface area contributed by atoms with Crippen molar-refractivity contribution in [2.75, 3.05) is 0 Å². The molecular weight excluding hydrogens is 100 g/mol. The van der Waals surface area contributed by atoms with Crippen LogP contribution in [-0.2, 0) is 0 Å². The summed E-state index contributed by atoms with van der Waals surface area (Å²) < 4.78 is 0. The molecule has 48 valence electrons. The third kappa shape index (κ3) is 5.70. The Hall–Kier alpha value is -0.300. The quantitative estimate of drug-likeness (QED) is 0.542. The first-order chi connectivity index (χ1) is 3.56. The van der Waals surface area contributed by atoms with Crippen molar-refractivity contribution in [1.29, 1.82) is 0 Å². The van der Waals surface area contributed by atoms with Gasteiger partial charge >= 0.3 is 0 Å². The van der Waals surface area contributed by atoms with Crippen LogP contribution in [0.15, 0.2) is 12.2 Å². The lowest BCUT2D eigenvalue weighted by molar-refractivity contribution is 0.0839. The van der Waals surface area contributed by atoms with Crippen molar-refractivity contribution in [2.45, 2.75) is 32.8 Å². The lowest BCUT2D eigenvalue weighted by atomic mass is 10.1. The second-order valence-corrected chi connectivity index (χ2v) is 2.59. The van der Waals surface area contributed by atoms with Gasteiger partial charge in [-0.15, -0.1) is 0 Å². The molecule has 0 amide bonds. The van der Waals surface area contributed by atoms with Crippen LogP contribution >= 0.6 is 0 Å². The van der Waals surface area contributed by atoms with Gasteiger partial charge in [-0.05, 0) is 27.2 Å². The van der Waals surface area contributed by atoms with E-state index in [9.17, 15) is 0 Å². The van der Waals surface area contributed by atoms with E-state index >= 15 is 0 Å². The van der Waals surface area contributed by atoms with Crippen molar-refractivity contribution < 1.29 is 5.11 Å². The number of aliphatic hydroxyl groups is 1. The van der Waals surface area contributed by atoms with Gasteiger partial charge in [0.2, 0.25) is 0 Å².